The third-order valence-electron chi connectivity index (χ3n) is 7.88. The van der Waals surface area contributed by atoms with Crippen molar-refractivity contribution in [1.82, 2.24) is 0 Å². The van der Waals surface area contributed by atoms with Crippen molar-refractivity contribution in [3.8, 4) is 11.5 Å². The zero-order valence-electron chi connectivity index (χ0n) is 25.0. The lowest BCUT2D eigenvalue weighted by Crippen LogP contribution is -2.35. The smallest absolute Gasteiger partial charge is 0.365 e. The second-order valence-corrected chi connectivity index (χ2v) is 10.4. The van der Waals surface area contributed by atoms with E-state index < -0.39 is 17.4 Å². The van der Waals surface area contributed by atoms with Crippen LogP contribution in [-0.2, 0) is 34.3 Å². The van der Waals surface area contributed by atoms with Crippen LogP contribution in [0, 0.1) is 5.92 Å². The molecule has 0 radical (unpaired) electrons. The summed E-state index contributed by atoms with van der Waals surface area (Å²) in [5.41, 5.74) is 4.42. The number of esters is 1. The number of allylic oxidation sites excluding steroid dienone is 4. The van der Waals surface area contributed by atoms with Crippen LogP contribution in [0.4, 0.5) is 0 Å². The van der Waals surface area contributed by atoms with Gasteiger partial charge in [-0.3, -0.25) is 4.89 Å². The molecule has 0 aromatic heterocycles. The van der Waals surface area contributed by atoms with Crippen molar-refractivity contribution in [3.05, 3.63) is 145 Å². The van der Waals surface area contributed by atoms with Gasteiger partial charge < -0.3 is 18.9 Å². The normalized spacial score (nSPS) is 19.2. The first-order chi connectivity index (χ1) is 22.1. The Balaban J connectivity index is 1.34. The molecule has 0 saturated carbocycles. The van der Waals surface area contributed by atoms with Gasteiger partial charge in [-0.05, 0) is 46.5 Å². The molecule has 0 spiro atoms. The highest BCUT2D eigenvalue weighted by Crippen LogP contribution is 2.59. The average molecular weight is 609 g/mol. The van der Waals surface area contributed by atoms with Crippen LogP contribution in [0.3, 0.4) is 0 Å². The van der Waals surface area contributed by atoms with Gasteiger partial charge in [0.2, 0.25) is 0 Å². The molecule has 0 saturated heterocycles. The number of hydrogen-bond acceptors (Lipinski definition) is 8. The Hall–Kier alpha value is -4.92. The third kappa shape index (κ3) is 7.09. The summed E-state index contributed by atoms with van der Waals surface area (Å²) in [4.78, 5) is 31.6. The molecule has 0 aliphatic heterocycles. The second kappa shape index (κ2) is 15.2. The molecule has 8 heteroatoms. The Kier molecular flexibility index (Phi) is 10.6. The Morgan fingerprint density at radius 1 is 0.689 bits per heavy atom. The molecule has 0 heterocycles. The van der Waals surface area contributed by atoms with Crippen LogP contribution >= 0.6 is 0 Å². The lowest BCUT2D eigenvalue weighted by Gasteiger charge is -2.39. The van der Waals surface area contributed by atoms with E-state index in [9.17, 15) is 9.59 Å². The summed E-state index contributed by atoms with van der Waals surface area (Å²) >= 11 is 0. The first-order valence-corrected chi connectivity index (χ1v) is 14.8. The molecular weight excluding hydrogens is 572 g/mol. The van der Waals surface area contributed by atoms with Gasteiger partial charge in [-0.1, -0.05) is 86.0 Å². The molecule has 8 nitrogen and oxygen atoms in total. The van der Waals surface area contributed by atoms with Gasteiger partial charge in [0.15, 0.2) is 0 Å². The SMILES string of the molecule is C=CC(=O)OCCOCCOc1ccc(C2(c3ccc(OCCOOC(=O)C=C)cc3)c3ccccc3C3C=CC=CC32)cc1. The van der Waals surface area contributed by atoms with E-state index in [0.29, 0.717) is 19.0 Å². The molecule has 0 N–H and O–H groups in total. The number of carbonyl (C=O) groups is 2. The standard InChI is InChI=1S/C37H36O8/c1-3-35(38)43-24-22-40-21-23-41-29-17-13-27(14-18-29)37(33-11-7-5-9-31(33)32-10-6-8-12-34(32)37)28-15-19-30(20-16-28)42-25-26-44-45-36(39)4-2/h3-20,31,33H,1-2,21-26H2. The summed E-state index contributed by atoms with van der Waals surface area (Å²) in [5.74, 6) is 0.692. The van der Waals surface area contributed by atoms with Crippen LogP contribution in [0.1, 0.15) is 28.2 Å². The fourth-order valence-corrected chi connectivity index (χ4v) is 6.04. The first kappa shape index (κ1) is 31.5. The minimum absolute atomic E-state index is 0.0885. The van der Waals surface area contributed by atoms with Crippen LogP contribution in [0.15, 0.2) is 122 Å². The molecule has 2 aliphatic rings. The maximum Gasteiger partial charge on any atom is 0.365 e. The minimum atomic E-state index is -0.652. The van der Waals surface area contributed by atoms with Gasteiger partial charge in [0.1, 0.15) is 37.9 Å². The molecule has 3 aromatic carbocycles. The minimum Gasteiger partial charge on any atom is -0.491 e. The summed E-state index contributed by atoms with van der Waals surface area (Å²) in [6, 6.07) is 25.1. The molecular formula is C37H36O8. The molecule has 3 aromatic rings. The van der Waals surface area contributed by atoms with Gasteiger partial charge in [0, 0.05) is 24.0 Å². The van der Waals surface area contributed by atoms with Crippen molar-refractivity contribution in [1.29, 1.82) is 0 Å². The Labute approximate surface area is 263 Å². The Morgan fingerprint density at radius 2 is 1.29 bits per heavy atom. The average Bonchev–Trinajstić information content (AvgIpc) is 3.39. The van der Waals surface area contributed by atoms with E-state index in [0.717, 1.165) is 29.0 Å². The van der Waals surface area contributed by atoms with Gasteiger partial charge in [-0.2, -0.15) is 4.89 Å². The third-order valence-corrected chi connectivity index (χ3v) is 7.88. The predicted molar refractivity (Wildman–Crippen MR) is 169 cm³/mol. The van der Waals surface area contributed by atoms with Gasteiger partial charge >= 0.3 is 11.9 Å². The number of carbonyl (C=O) groups excluding carboxylic acids is 2. The number of hydrogen-bond donors (Lipinski definition) is 0. The molecule has 3 atom stereocenters. The van der Waals surface area contributed by atoms with E-state index in [-0.39, 0.29) is 38.3 Å². The molecule has 2 aliphatic carbocycles. The van der Waals surface area contributed by atoms with Crippen molar-refractivity contribution in [2.75, 3.05) is 39.6 Å². The summed E-state index contributed by atoms with van der Waals surface area (Å²) < 4.78 is 22.2. The summed E-state index contributed by atoms with van der Waals surface area (Å²) in [5, 5.41) is 0. The molecule has 0 amide bonds. The number of benzene rings is 3. The molecule has 45 heavy (non-hydrogen) atoms. The van der Waals surface area contributed by atoms with Crippen LogP contribution in [-0.4, -0.2) is 51.6 Å². The maximum atomic E-state index is 11.1. The second-order valence-electron chi connectivity index (χ2n) is 10.4. The number of ether oxygens (including phenoxy) is 4. The van der Waals surface area contributed by atoms with Crippen molar-refractivity contribution >= 4 is 11.9 Å². The summed E-state index contributed by atoms with van der Waals surface area (Å²) in [6.45, 7) is 8.19. The monoisotopic (exact) mass is 608 g/mol. The fraction of sp³-hybridized carbons (Fsp3) is 0.243. The molecule has 0 bridgehead atoms. The van der Waals surface area contributed by atoms with Gasteiger partial charge in [0.05, 0.1) is 18.6 Å². The Bertz CT molecular complexity index is 1540. The summed E-state index contributed by atoms with van der Waals surface area (Å²) in [6.07, 6.45) is 11.0. The molecule has 5 rings (SSSR count). The van der Waals surface area contributed by atoms with Gasteiger partial charge in [-0.15, -0.1) is 0 Å². The van der Waals surface area contributed by atoms with Crippen molar-refractivity contribution < 1.29 is 38.3 Å². The summed E-state index contributed by atoms with van der Waals surface area (Å²) in [7, 11) is 0. The largest absolute Gasteiger partial charge is 0.491 e. The quantitative estimate of drug-likeness (QED) is 0.0641. The van der Waals surface area contributed by atoms with Crippen LogP contribution in [0.2, 0.25) is 0 Å². The molecule has 232 valence electrons. The van der Waals surface area contributed by atoms with E-state index in [2.05, 4.69) is 90.9 Å². The van der Waals surface area contributed by atoms with Gasteiger partial charge in [-0.25, -0.2) is 9.59 Å². The van der Waals surface area contributed by atoms with Crippen molar-refractivity contribution in [2.45, 2.75) is 11.3 Å². The van der Waals surface area contributed by atoms with Crippen LogP contribution in [0.5, 0.6) is 11.5 Å². The van der Waals surface area contributed by atoms with Crippen molar-refractivity contribution in [3.63, 3.8) is 0 Å². The Morgan fingerprint density at radius 3 is 1.96 bits per heavy atom. The maximum absolute atomic E-state index is 11.1. The molecule has 0 fully saturated rings. The topological polar surface area (TPSA) is 89.5 Å². The zero-order chi connectivity index (χ0) is 31.5. The molecule has 3 unspecified atom stereocenters. The van der Waals surface area contributed by atoms with Crippen molar-refractivity contribution in [2.24, 2.45) is 5.92 Å². The van der Waals surface area contributed by atoms with E-state index in [4.69, 9.17) is 23.8 Å². The van der Waals surface area contributed by atoms with Crippen LogP contribution < -0.4 is 9.47 Å². The predicted octanol–water partition coefficient (Wildman–Crippen LogP) is 6.02. The van der Waals surface area contributed by atoms with E-state index in [1.165, 1.54) is 11.1 Å². The first-order valence-electron chi connectivity index (χ1n) is 14.8. The highest BCUT2D eigenvalue weighted by molar-refractivity contribution is 5.81. The number of fused-ring (bicyclic) bond motifs is 3. The van der Waals surface area contributed by atoms with E-state index in [1.54, 1.807) is 0 Å². The highest BCUT2D eigenvalue weighted by Gasteiger charge is 2.52. The highest BCUT2D eigenvalue weighted by atomic mass is 17.2. The lowest BCUT2D eigenvalue weighted by atomic mass is 9.63. The van der Waals surface area contributed by atoms with Crippen LogP contribution in [0.25, 0.3) is 0 Å². The number of rotatable bonds is 16. The van der Waals surface area contributed by atoms with E-state index >= 15 is 0 Å². The lowest BCUT2D eigenvalue weighted by molar-refractivity contribution is -0.269. The van der Waals surface area contributed by atoms with E-state index in [1.807, 2.05) is 24.3 Å². The fourth-order valence-electron chi connectivity index (χ4n) is 6.04. The zero-order valence-corrected chi connectivity index (χ0v) is 25.0. The van der Waals surface area contributed by atoms with Gasteiger partial charge in [0.25, 0.3) is 0 Å².